The summed E-state index contributed by atoms with van der Waals surface area (Å²) >= 11 is 0. The molecule has 2 rings (SSSR count). The second kappa shape index (κ2) is 5.70. The number of nitrogens with zero attached hydrogens (tertiary/aromatic N) is 1. The van der Waals surface area contributed by atoms with E-state index in [2.05, 4.69) is 39.2 Å². The van der Waals surface area contributed by atoms with E-state index in [1.54, 1.807) is 0 Å². The number of ether oxygens (including phenoxy) is 1. The third-order valence-corrected chi connectivity index (χ3v) is 9.26. The summed E-state index contributed by atoms with van der Waals surface area (Å²) in [6.45, 7) is 12.2. The SMILES string of the molecule is CC(C)(C)[Si](C)(C)O[C@@H]1CNCC[C@H]1N1C(=O)COC1=O. The van der Waals surface area contributed by atoms with Gasteiger partial charge in [0.25, 0.3) is 5.91 Å². The molecule has 1 N–H and O–H groups in total. The molecule has 0 aromatic carbocycles. The number of hydrogen-bond acceptors (Lipinski definition) is 5. The van der Waals surface area contributed by atoms with E-state index in [1.165, 1.54) is 4.90 Å². The Hall–Kier alpha value is -0.923. The number of hydrogen-bond donors (Lipinski definition) is 1. The van der Waals surface area contributed by atoms with Crippen molar-refractivity contribution in [2.45, 2.75) is 57.5 Å². The maximum Gasteiger partial charge on any atom is 0.417 e. The first kappa shape index (κ1) is 16.4. The molecule has 0 bridgehead atoms. The average Bonchev–Trinajstić information content (AvgIpc) is 2.68. The van der Waals surface area contributed by atoms with Crippen molar-refractivity contribution in [3.8, 4) is 0 Å². The van der Waals surface area contributed by atoms with E-state index in [9.17, 15) is 9.59 Å². The van der Waals surface area contributed by atoms with Crippen molar-refractivity contribution in [1.29, 1.82) is 0 Å². The minimum atomic E-state index is -1.96. The van der Waals surface area contributed by atoms with E-state index in [4.69, 9.17) is 9.16 Å². The summed E-state index contributed by atoms with van der Waals surface area (Å²) < 4.78 is 11.3. The highest BCUT2D eigenvalue weighted by Crippen LogP contribution is 2.38. The lowest BCUT2D eigenvalue weighted by Gasteiger charge is -2.44. The largest absolute Gasteiger partial charge is 0.439 e. The molecule has 2 atom stereocenters. The molecule has 0 saturated carbocycles. The van der Waals surface area contributed by atoms with Crippen LogP contribution in [0.4, 0.5) is 4.79 Å². The number of carbonyl (C=O) groups excluding carboxylic acids is 2. The van der Waals surface area contributed by atoms with Gasteiger partial charge in [0.05, 0.1) is 12.1 Å². The Morgan fingerprint density at radius 2 is 2.00 bits per heavy atom. The molecule has 21 heavy (non-hydrogen) atoms. The van der Waals surface area contributed by atoms with Crippen molar-refractivity contribution in [2.75, 3.05) is 19.7 Å². The van der Waals surface area contributed by atoms with Gasteiger partial charge in [-0.2, -0.15) is 0 Å². The van der Waals surface area contributed by atoms with Gasteiger partial charge in [-0.1, -0.05) is 20.8 Å². The van der Waals surface area contributed by atoms with Crippen molar-refractivity contribution in [3.63, 3.8) is 0 Å². The highest BCUT2D eigenvalue weighted by Gasteiger charge is 2.46. The molecule has 0 radical (unpaired) electrons. The molecule has 120 valence electrons. The van der Waals surface area contributed by atoms with Gasteiger partial charge in [0.15, 0.2) is 14.9 Å². The first-order valence-corrected chi connectivity index (χ1v) is 10.4. The zero-order valence-electron chi connectivity index (χ0n) is 13.6. The van der Waals surface area contributed by atoms with Crippen LogP contribution < -0.4 is 5.32 Å². The van der Waals surface area contributed by atoms with Gasteiger partial charge >= 0.3 is 6.09 Å². The number of rotatable bonds is 3. The second-order valence-electron chi connectivity index (χ2n) is 7.30. The fraction of sp³-hybridized carbons (Fsp3) is 0.857. The fourth-order valence-electron chi connectivity index (χ4n) is 2.47. The van der Waals surface area contributed by atoms with E-state index in [0.717, 1.165) is 6.54 Å². The van der Waals surface area contributed by atoms with Crippen LogP contribution in [0.2, 0.25) is 18.1 Å². The lowest BCUT2D eigenvalue weighted by atomic mass is 10.0. The van der Waals surface area contributed by atoms with Crippen LogP contribution in [0.25, 0.3) is 0 Å². The Balaban J connectivity index is 2.16. The second-order valence-corrected chi connectivity index (χ2v) is 12.1. The normalized spacial score (nSPS) is 28.0. The van der Waals surface area contributed by atoms with Crippen LogP contribution in [0.3, 0.4) is 0 Å². The van der Waals surface area contributed by atoms with E-state index >= 15 is 0 Å². The van der Waals surface area contributed by atoms with Crippen molar-refractivity contribution in [3.05, 3.63) is 0 Å². The molecule has 0 aromatic rings. The van der Waals surface area contributed by atoms with Gasteiger partial charge in [-0.3, -0.25) is 4.79 Å². The summed E-state index contributed by atoms with van der Waals surface area (Å²) in [7, 11) is -1.96. The lowest BCUT2D eigenvalue weighted by molar-refractivity contribution is -0.129. The van der Waals surface area contributed by atoms with Gasteiger partial charge < -0.3 is 14.5 Å². The minimum Gasteiger partial charge on any atom is -0.439 e. The van der Waals surface area contributed by atoms with Gasteiger partial charge in [-0.15, -0.1) is 0 Å². The van der Waals surface area contributed by atoms with Crippen LogP contribution in [0.15, 0.2) is 0 Å². The number of cyclic esters (lactones) is 1. The molecule has 6 nitrogen and oxygen atoms in total. The third kappa shape index (κ3) is 3.30. The Labute approximate surface area is 127 Å². The predicted octanol–water partition coefficient (Wildman–Crippen LogP) is 1.72. The number of nitrogens with one attached hydrogen (secondary N) is 1. The van der Waals surface area contributed by atoms with Gasteiger partial charge in [-0.05, 0) is 31.1 Å². The molecule has 2 aliphatic rings. The number of carbonyl (C=O) groups is 2. The first-order valence-electron chi connectivity index (χ1n) is 7.51. The lowest BCUT2D eigenvalue weighted by Crippen LogP contribution is -2.59. The van der Waals surface area contributed by atoms with Gasteiger partial charge in [0.1, 0.15) is 0 Å². The van der Waals surface area contributed by atoms with Crippen LogP contribution in [0.5, 0.6) is 0 Å². The molecule has 0 aromatic heterocycles. The van der Waals surface area contributed by atoms with E-state index in [1.807, 2.05) is 0 Å². The predicted molar refractivity (Wildman–Crippen MR) is 81.5 cm³/mol. The number of piperidine rings is 1. The van der Waals surface area contributed by atoms with E-state index in [0.29, 0.717) is 13.0 Å². The molecule has 7 heteroatoms. The average molecular weight is 314 g/mol. The fourth-order valence-corrected chi connectivity index (χ4v) is 3.82. The highest BCUT2D eigenvalue weighted by molar-refractivity contribution is 6.74. The summed E-state index contributed by atoms with van der Waals surface area (Å²) in [4.78, 5) is 25.0. The summed E-state index contributed by atoms with van der Waals surface area (Å²) in [5.74, 6) is -0.254. The molecular formula is C14H26N2O4Si. The van der Waals surface area contributed by atoms with Gasteiger partial charge in [0, 0.05) is 6.54 Å². The molecular weight excluding hydrogens is 288 g/mol. The highest BCUT2D eigenvalue weighted by atomic mass is 28.4. The number of amides is 2. The Morgan fingerprint density at radius 1 is 1.33 bits per heavy atom. The zero-order valence-corrected chi connectivity index (χ0v) is 14.6. The molecule has 0 unspecified atom stereocenters. The summed E-state index contributed by atoms with van der Waals surface area (Å²) in [6.07, 6.45) is 0.0186. The molecule has 2 saturated heterocycles. The van der Waals surface area contributed by atoms with Crippen molar-refractivity contribution >= 4 is 20.3 Å². The van der Waals surface area contributed by atoms with Gasteiger partial charge in [0.2, 0.25) is 0 Å². The Kier molecular flexibility index (Phi) is 4.46. The van der Waals surface area contributed by atoms with Crippen molar-refractivity contribution in [2.24, 2.45) is 0 Å². The molecule has 2 aliphatic heterocycles. The zero-order chi connectivity index (χ0) is 15.8. The Morgan fingerprint density at radius 3 is 2.52 bits per heavy atom. The smallest absolute Gasteiger partial charge is 0.417 e. The van der Waals surface area contributed by atoms with Crippen LogP contribution in [-0.2, 0) is 14.0 Å². The molecule has 2 heterocycles. The van der Waals surface area contributed by atoms with Gasteiger partial charge in [-0.25, -0.2) is 9.69 Å². The van der Waals surface area contributed by atoms with Crippen LogP contribution in [0.1, 0.15) is 27.2 Å². The van der Waals surface area contributed by atoms with Crippen LogP contribution in [-0.4, -0.2) is 57.1 Å². The van der Waals surface area contributed by atoms with E-state index in [-0.39, 0.29) is 29.7 Å². The summed E-state index contributed by atoms with van der Waals surface area (Å²) in [6, 6.07) is -0.220. The molecule has 0 spiro atoms. The maximum absolute atomic E-state index is 11.9. The van der Waals surface area contributed by atoms with E-state index < -0.39 is 14.4 Å². The monoisotopic (exact) mass is 314 g/mol. The van der Waals surface area contributed by atoms with Crippen LogP contribution in [0, 0.1) is 0 Å². The summed E-state index contributed by atoms with van der Waals surface area (Å²) in [5.41, 5.74) is 0. The topological polar surface area (TPSA) is 67.9 Å². The number of imide groups is 1. The molecule has 0 aliphatic carbocycles. The quantitative estimate of drug-likeness (QED) is 0.803. The van der Waals surface area contributed by atoms with Crippen molar-refractivity contribution < 1.29 is 18.8 Å². The first-order chi connectivity index (χ1) is 9.63. The molecule has 2 fully saturated rings. The standard InChI is InChI=1S/C14H26N2O4Si/c1-14(2,3)21(4,5)20-11-8-15-7-6-10(11)16-12(17)9-19-13(16)18/h10-11,15H,6-9H2,1-5H3/t10-,11-/m1/s1. The third-order valence-electron chi connectivity index (χ3n) is 4.76. The van der Waals surface area contributed by atoms with Crippen LogP contribution >= 0.6 is 0 Å². The maximum atomic E-state index is 11.9. The molecule has 2 amide bonds. The summed E-state index contributed by atoms with van der Waals surface area (Å²) in [5, 5.41) is 3.39. The Bertz CT molecular complexity index is 417. The van der Waals surface area contributed by atoms with Crippen molar-refractivity contribution in [1.82, 2.24) is 10.2 Å². The minimum absolute atomic E-state index is 0.0878.